The minimum atomic E-state index is -0.187. The van der Waals surface area contributed by atoms with Gasteiger partial charge in [0, 0.05) is 24.5 Å². The molecule has 2 N–H and O–H groups in total. The van der Waals surface area contributed by atoms with Crippen LogP contribution in [0.15, 0.2) is 41.2 Å². The molecule has 0 aliphatic rings. The summed E-state index contributed by atoms with van der Waals surface area (Å²) >= 11 is 0. The number of aromatic nitrogens is 2. The SMILES string of the molecule is COc1cc2c(-c3ccc(CN)cc3)nn(C)c(=O)c2cc1OC. The molecule has 0 radical (unpaired) electrons. The molecule has 0 aliphatic carbocycles. The summed E-state index contributed by atoms with van der Waals surface area (Å²) < 4.78 is 12.0. The van der Waals surface area contributed by atoms with Crippen molar-refractivity contribution in [2.45, 2.75) is 6.54 Å². The summed E-state index contributed by atoms with van der Waals surface area (Å²) in [5.74, 6) is 1.07. The van der Waals surface area contributed by atoms with Crippen LogP contribution in [0.3, 0.4) is 0 Å². The van der Waals surface area contributed by atoms with Crippen molar-refractivity contribution in [3.8, 4) is 22.8 Å². The zero-order chi connectivity index (χ0) is 17.3. The molecule has 3 rings (SSSR count). The van der Waals surface area contributed by atoms with E-state index in [2.05, 4.69) is 5.10 Å². The van der Waals surface area contributed by atoms with Crippen LogP contribution in [-0.4, -0.2) is 24.0 Å². The fraction of sp³-hybridized carbons (Fsp3) is 0.222. The Bertz CT molecular complexity index is 946. The maximum absolute atomic E-state index is 12.5. The fourth-order valence-electron chi connectivity index (χ4n) is 2.69. The van der Waals surface area contributed by atoms with E-state index in [0.29, 0.717) is 29.1 Å². The van der Waals surface area contributed by atoms with Gasteiger partial charge in [0.1, 0.15) is 0 Å². The van der Waals surface area contributed by atoms with Crippen molar-refractivity contribution in [3.63, 3.8) is 0 Å². The summed E-state index contributed by atoms with van der Waals surface area (Å²) in [4.78, 5) is 12.5. The van der Waals surface area contributed by atoms with Gasteiger partial charge in [0.15, 0.2) is 11.5 Å². The molecular formula is C18H19N3O3. The van der Waals surface area contributed by atoms with Gasteiger partial charge in [0.2, 0.25) is 0 Å². The van der Waals surface area contributed by atoms with Crippen molar-refractivity contribution in [3.05, 3.63) is 52.3 Å². The number of ether oxygens (including phenoxy) is 2. The molecule has 1 heterocycles. The van der Waals surface area contributed by atoms with E-state index in [-0.39, 0.29) is 5.56 Å². The molecule has 0 amide bonds. The number of nitrogens with two attached hydrogens (primary N) is 1. The molecule has 0 spiro atoms. The van der Waals surface area contributed by atoms with Gasteiger partial charge in [-0.2, -0.15) is 5.10 Å². The Labute approximate surface area is 139 Å². The lowest BCUT2D eigenvalue weighted by molar-refractivity contribution is 0.356. The van der Waals surface area contributed by atoms with Crippen LogP contribution in [0.25, 0.3) is 22.0 Å². The van der Waals surface area contributed by atoms with E-state index in [0.717, 1.165) is 16.5 Å². The zero-order valence-electron chi connectivity index (χ0n) is 13.9. The second kappa shape index (κ2) is 6.33. The van der Waals surface area contributed by atoms with Crippen LogP contribution in [0.2, 0.25) is 0 Å². The highest BCUT2D eigenvalue weighted by atomic mass is 16.5. The Morgan fingerprint density at radius 3 is 2.17 bits per heavy atom. The molecule has 0 bridgehead atoms. The number of hydrogen-bond acceptors (Lipinski definition) is 5. The van der Waals surface area contributed by atoms with E-state index in [9.17, 15) is 4.79 Å². The van der Waals surface area contributed by atoms with E-state index < -0.39 is 0 Å². The highest BCUT2D eigenvalue weighted by Crippen LogP contribution is 2.34. The van der Waals surface area contributed by atoms with Gasteiger partial charge in [0.25, 0.3) is 5.56 Å². The first-order valence-corrected chi connectivity index (χ1v) is 7.51. The van der Waals surface area contributed by atoms with Crippen LogP contribution >= 0.6 is 0 Å². The molecule has 0 atom stereocenters. The van der Waals surface area contributed by atoms with Crippen molar-refractivity contribution in [2.75, 3.05) is 14.2 Å². The van der Waals surface area contributed by atoms with Gasteiger partial charge in [0.05, 0.1) is 25.3 Å². The second-order valence-electron chi connectivity index (χ2n) is 5.43. The van der Waals surface area contributed by atoms with Crippen molar-refractivity contribution < 1.29 is 9.47 Å². The lowest BCUT2D eigenvalue weighted by Crippen LogP contribution is -2.20. The number of nitrogens with zero attached hydrogens (tertiary/aromatic N) is 2. The molecule has 24 heavy (non-hydrogen) atoms. The smallest absolute Gasteiger partial charge is 0.274 e. The molecule has 0 saturated carbocycles. The predicted octanol–water partition coefficient (Wildman–Crippen LogP) is 2.08. The van der Waals surface area contributed by atoms with Crippen molar-refractivity contribution in [2.24, 2.45) is 12.8 Å². The quantitative estimate of drug-likeness (QED) is 0.794. The summed E-state index contributed by atoms with van der Waals surface area (Å²) in [6, 6.07) is 11.3. The summed E-state index contributed by atoms with van der Waals surface area (Å²) in [5.41, 5.74) is 8.11. The molecule has 6 nitrogen and oxygen atoms in total. The molecular weight excluding hydrogens is 306 g/mol. The number of rotatable bonds is 4. The summed E-state index contributed by atoms with van der Waals surface area (Å²) in [5, 5.41) is 5.68. The van der Waals surface area contributed by atoms with E-state index in [1.807, 2.05) is 24.3 Å². The normalized spacial score (nSPS) is 10.8. The first kappa shape index (κ1) is 16.0. The predicted molar refractivity (Wildman–Crippen MR) is 93.4 cm³/mol. The van der Waals surface area contributed by atoms with Gasteiger partial charge < -0.3 is 15.2 Å². The Hall–Kier alpha value is -2.86. The molecule has 6 heteroatoms. The zero-order valence-corrected chi connectivity index (χ0v) is 13.9. The standard InChI is InChI=1S/C18H19N3O3/c1-21-18(22)14-9-16(24-3)15(23-2)8-13(14)17(20-21)12-6-4-11(10-19)5-7-12/h4-9H,10,19H2,1-3H3. The number of hydrogen-bond donors (Lipinski definition) is 1. The molecule has 124 valence electrons. The molecule has 3 aromatic rings. The number of aryl methyl sites for hydroxylation is 1. The Kier molecular flexibility index (Phi) is 4.22. The van der Waals surface area contributed by atoms with Crippen LogP contribution in [0, 0.1) is 0 Å². The third-order valence-corrected chi connectivity index (χ3v) is 4.02. The average molecular weight is 325 g/mol. The molecule has 0 unspecified atom stereocenters. The maximum Gasteiger partial charge on any atom is 0.274 e. The molecule has 1 aromatic heterocycles. The van der Waals surface area contributed by atoms with Crippen LogP contribution in [-0.2, 0) is 13.6 Å². The minimum Gasteiger partial charge on any atom is -0.493 e. The van der Waals surface area contributed by atoms with Gasteiger partial charge in [-0.05, 0) is 17.7 Å². The van der Waals surface area contributed by atoms with Gasteiger partial charge in [-0.3, -0.25) is 4.79 Å². The average Bonchev–Trinajstić information content (AvgIpc) is 2.63. The number of fused-ring (bicyclic) bond motifs is 1. The monoisotopic (exact) mass is 325 g/mol. The fourth-order valence-corrected chi connectivity index (χ4v) is 2.69. The van der Waals surface area contributed by atoms with Gasteiger partial charge in [-0.1, -0.05) is 24.3 Å². The molecule has 0 fully saturated rings. The topological polar surface area (TPSA) is 79.4 Å². The summed E-state index contributed by atoms with van der Waals surface area (Å²) in [6.07, 6.45) is 0. The summed E-state index contributed by atoms with van der Waals surface area (Å²) in [7, 11) is 4.74. The third-order valence-electron chi connectivity index (χ3n) is 4.02. The maximum atomic E-state index is 12.5. The third kappa shape index (κ3) is 2.61. The number of methoxy groups -OCH3 is 2. The van der Waals surface area contributed by atoms with Gasteiger partial charge in [-0.25, -0.2) is 4.68 Å². The highest BCUT2D eigenvalue weighted by Gasteiger charge is 2.15. The van der Waals surface area contributed by atoms with E-state index in [4.69, 9.17) is 15.2 Å². The van der Waals surface area contributed by atoms with Crippen LogP contribution < -0.4 is 20.8 Å². The van der Waals surface area contributed by atoms with E-state index in [1.54, 1.807) is 33.4 Å². The van der Waals surface area contributed by atoms with Gasteiger partial charge in [-0.15, -0.1) is 0 Å². The lowest BCUT2D eigenvalue weighted by Gasteiger charge is -2.13. The second-order valence-corrected chi connectivity index (χ2v) is 5.43. The van der Waals surface area contributed by atoms with Crippen LogP contribution in [0.1, 0.15) is 5.56 Å². The Morgan fingerprint density at radius 2 is 1.62 bits per heavy atom. The van der Waals surface area contributed by atoms with Crippen molar-refractivity contribution >= 4 is 10.8 Å². The highest BCUT2D eigenvalue weighted by molar-refractivity contribution is 5.96. The molecule has 2 aromatic carbocycles. The number of benzene rings is 2. The van der Waals surface area contributed by atoms with Crippen LogP contribution in [0.4, 0.5) is 0 Å². The molecule has 0 aliphatic heterocycles. The lowest BCUT2D eigenvalue weighted by atomic mass is 10.0. The van der Waals surface area contributed by atoms with Crippen LogP contribution in [0.5, 0.6) is 11.5 Å². The first-order valence-electron chi connectivity index (χ1n) is 7.51. The summed E-state index contributed by atoms with van der Waals surface area (Å²) in [6.45, 7) is 0.479. The first-order chi connectivity index (χ1) is 11.6. The Balaban J connectivity index is 2.34. The van der Waals surface area contributed by atoms with Gasteiger partial charge >= 0.3 is 0 Å². The largest absolute Gasteiger partial charge is 0.493 e. The Morgan fingerprint density at radius 1 is 1.04 bits per heavy atom. The minimum absolute atomic E-state index is 0.187. The van der Waals surface area contributed by atoms with E-state index >= 15 is 0 Å². The molecule has 0 saturated heterocycles. The van der Waals surface area contributed by atoms with Crippen molar-refractivity contribution in [1.29, 1.82) is 0 Å². The van der Waals surface area contributed by atoms with E-state index in [1.165, 1.54) is 4.68 Å². The van der Waals surface area contributed by atoms with Crippen molar-refractivity contribution in [1.82, 2.24) is 9.78 Å².